The van der Waals surface area contributed by atoms with Gasteiger partial charge in [0.15, 0.2) is 0 Å². The Labute approximate surface area is 73.8 Å². The molecule has 11 heavy (non-hydrogen) atoms. The lowest BCUT2D eigenvalue weighted by molar-refractivity contribution is 0.322. The minimum atomic E-state index is 0.312. The van der Waals surface area contributed by atoms with E-state index in [9.17, 15) is 0 Å². The van der Waals surface area contributed by atoms with Crippen molar-refractivity contribution in [3.8, 4) is 0 Å². The van der Waals surface area contributed by atoms with Gasteiger partial charge in [-0.05, 0) is 32.6 Å². The van der Waals surface area contributed by atoms with Gasteiger partial charge in [-0.3, -0.25) is 0 Å². The molecule has 2 nitrogen and oxygen atoms in total. The Hall–Kier alpha value is 0.270. The van der Waals surface area contributed by atoms with E-state index < -0.39 is 0 Å². The minimum absolute atomic E-state index is 0.312. The second kappa shape index (κ2) is 8.37. The van der Waals surface area contributed by atoms with E-state index in [0.717, 1.165) is 5.75 Å². The Bertz CT molecular complexity index is 80.5. The van der Waals surface area contributed by atoms with Crippen molar-refractivity contribution < 1.29 is 5.11 Å². The van der Waals surface area contributed by atoms with Gasteiger partial charge in [0.25, 0.3) is 0 Å². The predicted octanol–water partition coefficient (Wildman–Crippen LogP) is 1.10. The molecule has 0 bridgehead atoms. The molecular formula is C8H19NOS. The highest BCUT2D eigenvalue weighted by Gasteiger charge is 1.96. The lowest BCUT2D eigenvalue weighted by Crippen LogP contribution is -2.20. The zero-order valence-corrected chi connectivity index (χ0v) is 8.28. The smallest absolute Gasteiger partial charge is 0.0521 e. The molecule has 0 aliphatic carbocycles. The molecule has 1 unspecified atom stereocenters. The first-order valence-electron chi connectivity index (χ1n) is 4.17. The monoisotopic (exact) mass is 177 g/mol. The number of thioether (sulfide) groups is 1. The Morgan fingerprint density at radius 2 is 2.18 bits per heavy atom. The third-order valence-corrected chi connectivity index (χ3v) is 2.70. The van der Waals surface area contributed by atoms with Gasteiger partial charge in [0.05, 0.1) is 6.61 Å². The number of rotatable bonds is 7. The zero-order valence-electron chi connectivity index (χ0n) is 7.47. The molecule has 0 radical (unpaired) electrons. The van der Waals surface area contributed by atoms with E-state index in [2.05, 4.69) is 12.2 Å². The first kappa shape index (κ1) is 11.3. The summed E-state index contributed by atoms with van der Waals surface area (Å²) >= 11 is 1.83. The number of aliphatic hydroxyl groups excluding tert-OH is 1. The molecule has 0 heterocycles. The molecule has 0 fully saturated rings. The average Bonchev–Trinajstić information content (AvgIpc) is 2.04. The van der Waals surface area contributed by atoms with Crippen LogP contribution >= 0.6 is 11.8 Å². The fourth-order valence-corrected chi connectivity index (χ4v) is 1.51. The molecule has 2 N–H and O–H groups in total. The van der Waals surface area contributed by atoms with Crippen LogP contribution in [-0.2, 0) is 0 Å². The standard InChI is InChI=1S/C8H19NOS/c1-8(9-2)4-3-6-11-7-5-10/h8-10H,3-7H2,1-2H3. The molecule has 0 aliphatic heterocycles. The van der Waals surface area contributed by atoms with Crippen LogP contribution in [0.3, 0.4) is 0 Å². The van der Waals surface area contributed by atoms with Crippen molar-refractivity contribution in [2.75, 3.05) is 25.2 Å². The van der Waals surface area contributed by atoms with Crippen LogP contribution in [0.25, 0.3) is 0 Å². The van der Waals surface area contributed by atoms with E-state index in [0.29, 0.717) is 12.6 Å². The SMILES string of the molecule is CNC(C)CCCSCCO. The highest BCUT2D eigenvalue weighted by molar-refractivity contribution is 7.99. The first-order valence-corrected chi connectivity index (χ1v) is 5.32. The van der Waals surface area contributed by atoms with Gasteiger partial charge in [-0.2, -0.15) is 11.8 Å². The Morgan fingerprint density at radius 3 is 2.73 bits per heavy atom. The maximum atomic E-state index is 8.49. The molecule has 0 saturated carbocycles. The minimum Gasteiger partial charge on any atom is -0.396 e. The van der Waals surface area contributed by atoms with Gasteiger partial charge in [-0.25, -0.2) is 0 Å². The zero-order chi connectivity index (χ0) is 8.53. The fourth-order valence-electron chi connectivity index (χ4n) is 0.803. The molecule has 0 aliphatic rings. The number of aliphatic hydroxyl groups is 1. The van der Waals surface area contributed by atoms with Gasteiger partial charge in [-0.1, -0.05) is 0 Å². The molecule has 0 aromatic rings. The van der Waals surface area contributed by atoms with Crippen molar-refractivity contribution in [2.45, 2.75) is 25.8 Å². The highest BCUT2D eigenvalue weighted by Crippen LogP contribution is 2.05. The Kier molecular flexibility index (Phi) is 8.57. The lowest BCUT2D eigenvalue weighted by atomic mass is 10.2. The topological polar surface area (TPSA) is 32.3 Å². The van der Waals surface area contributed by atoms with Crippen molar-refractivity contribution >= 4 is 11.8 Å². The van der Waals surface area contributed by atoms with E-state index in [1.807, 2.05) is 18.8 Å². The summed E-state index contributed by atoms with van der Waals surface area (Å²) in [6.07, 6.45) is 2.47. The van der Waals surface area contributed by atoms with E-state index in [1.165, 1.54) is 18.6 Å². The third-order valence-electron chi connectivity index (χ3n) is 1.65. The molecule has 0 aromatic heterocycles. The normalized spacial score (nSPS) is 13.4. The van der Waals surface area contributed by atoms with Crippen molar-refractivity contribution in [1.82, 2.24) is 5.32 Å². The fraction of sp³-hybridized carbons (Fsp3) is 1.00. The first-order chi connectivity index (χ1) is 5.31. The molecule has 0 aromatic carbocycles. The van der Waals surface area contributed by atoms with Gasteiger partial charge < -0.3 is 10.4 Å². The molecule has 3 heteroatoms. The summed E-state index contributed by atoms with van der Waals surface area (Å²) in [4.78, 5) is 0. The lowest BCUT2D eigenvalue weighted by Gasteiger charge is -2.08. The largest absolute Gasteiger partial charge is 0.396 e. The summed E-state index contributed by atoms with van der Waals surface area (Å²) in [5.41, 5.74) is 0. The predicted molar refractivity (Wildman–Crippen MR) is 52.2 cm³/mol. The molecule has 68 valence electrons. The molecule has 0 amide bonds. The van der Waals surface area contributed by atoms with Gasteiger partial charge in [0.1, 0.15) is 0 Å². The van der Waals surface area contributed by atoms with Crippen LogP contribution in [0.15, 0.2) is 0 Å². The molecule has 1 atom stereocenters. The van der Waals surface area contributed by atoms with Gasteiger partial charge >= 0.3 is 0 Å². The summed E-state index contributed by atoms with van der Waals surface area (Å²) in [5, 5.41) is 11.7. The summed E-state index contributed by atoms with van der Waals surface area (Å²) in [6, 6.07) is 0.629. The van der Waals surface area contributed by atoms with E-state index in [-0.39, 0.29) is 0 Å². The summed E-state index contributed by atoms with van der Waals surface area (Å²) in [6.45, 7) is 2.50. The number of hydrogen-bond donors (Lipinski definition) is 2. The molecule has 0 spiro atoms. The highest BCUT2D eigenvalue weighted by atomic mass is 32.2. The van der Waals surface area contributed by atoms with Crippen LogP contribution in [0, 0.1) is 0 Å². The van der Waals surface area contributed by atoms with Crippen LogP contribution in [0.4, 0.5) is 0 Å². The van der Waals surface area contributed by atoms with E-state index in [1.54, 1.807) is 0 Å². The van der Waals surface area contributed by atoms with Crippen LogP contribution in [0.1, 0.15) is 19.8 Å². The quantitative estimate of drug-likeness (QED) is 0.571. The van der Waals surface area contributed by atoms with Gasteiger partial charge in [0, 0.05) is 11.8 Å². The van der Waals surface area contributed by atoms with Gasteiger partial charge in [0.2, 0.25) is 0 Å². The van der Waals surface area contributed by atoms with Crippen molar-refractivity contribution in [3.05, 3.63) is 0 Å². The molecule has 0 saturated heterocycles. The summed E-state index contributed by atoms with van der Waals surface area (Å²) in [5.74, 6) is 2.06. The Balaban J connectivity index is 2.89. The molecular weight excluding hydrogens is 158 g/mol. The van der Waals surface area contributed by atoms with Crippen molar-refractivity contribution in [2.24, 2.45) is 0 Å². The van der Waals surface area contributed by atoms with E-state index in [4.69, 9.17) is 5.11 Å². The summed E-state index contributed by atoms with van der Waals surface area (Å²) in [7, 11) is 1.99. The van der Waals surface area contributed by atoms with Crippen molar-refractivity contribution in [3.63, 3.8) is 0 Å². The van der Waals surface area contributed by atoms with Crippen LogP contribution in [-0.4, -0.2) is 36.3 Å². The van der Waals surface area contributed by atoms with Crippen LogP contribution in [0.5, 0.6) is 0 Å². The second-order valence-corrected chi connectivity index (χ2v) is 3.89. The number of hydrogen-bond acceptors (Lipinski definition) is 3. The third kappa shape index (κ3) is 8.17. The molecule has 0 rings (SSSR count). The maximum absolute atomic E-state index is 8.49. The van der Waals surface area contributed by atoms with Crippen LogP contribution in [0.2, 0.25) is 0 Å². The van der Waals surface area contributed by atoms with Crippen molar-refractivity contribution in [1.29, 1.82) is 0 Å². The average molecular weight is 177 g/mol. The van der Waals surface area contributed by atoms with E-state index >= 15 is 0 Å². The van der Waals surface area contributed by atoms with Gasteiger partial charge in [-0.15, -0.1) is 0 Å². The Morgan fingerprint density at radius 1 is 1.45 bits per heavy atom. The number of nitrogens with one attached hydrogen (secondary N) is 1. The van der Waals surface area contributed by atoms with Crippen LogP contribution < -0.4 is 5.32 Å². The maximum Gasteiger partial charge on any atom is 0.0521 e. The second-order valence-electron chi connectivity index (χ2n) is 2.67. The summed E-state index contributed by atoms with van der Waals surface area (Å²) < 4.78 is 0.